The lowest BCUT2D eigenvalue weighted by atomic mass is 9.86. The van der Waals surface area contributed by atoms with Gasteiger partial charge in [-0.05, 0) is 25.7 Å². The van der Waals surface area contributed by atoms with Crippen molar-refractivity contribution < 1.29 is 4.79 Å². The summed E-state index contributed by atoms with van der Waals surface area (Å²) in [6.07, 6.45) is 5.06. The molecule has 4 nitrogen and oxygen atoms in total. The molecule has 4 heteroatoms. The SMILES string of the molecule is N#CNC(=O)C1CCC(N)CC1. The number of nitrogens with one attached hydrogen (secondary N) is 1. The zero-order valence-electron chi connectivity index (χ0n) is 6.92. The van der Waals surface area contributed by atoms with Crippen LogP contribution in [-0.2, 0) is 4.79 Å². The first-order chi connectivity index (χ1) is 5.74. The Morgan fingerprint density at radius 2 is 2.00 bits per heavy atom. The molecule has 0 atom stereocenters. The van der Waals surface area contributed by atoms with Crippen molar-refractivity contribution in [3.8, 4) is 6.19 Å². The van der Waals surface area contributed by atoms with E-state index >= 15 is 0 Å². The Kier molecular flexibility index (Phi) is 3.06. The van der Waals surface area contributed by atoms with E-state index in [2.05, 4.69) is 5.32 Å². The maximum absolute atomic E-state index is 11.1. The average Bonchev–Trinajstić information content (AvgIpc) is 2.06. The number of nitriles is 1. The lowest BCUT2D eigenvalue weighted by Crippen LogP contribution is -2.34. The Morgan fingerprint density at radius 1 is 1.42 bits per heavy atom. The van der Waals surface area contributed by atoms with E-state index in [0.29, 0.717) is 0 Å². The third-order valence-electron chi connectivity index (χ3n) is 2.32. The summed E-state index contributed by atoms with van der Waals surface area (Å²) in [7, 11) is 0. The largest absolute Gasteiger partial charge is 0.328 e. The van der Waals surface area contributed by atoms with Gasteiger partial charge in [0.1, 0.15) is 0 Å². The Balaban J connectivity index is 2.35. The van der Waals surface area contributed by atoms with Crippen molar-refractivity contribution in [1.29, 1.82) is 5.26 Å². The zero-order valence-corrected chi connectivity index (χ0v) is 6.92. The highest BCUT2D eigenvalue weighted by Crippen LogP contribution is 2.22. The van der Waals surface area contributed by atoms with Crippen LogP contribution in [0.3, 0.4) is 0 Å². The predicted molar refractivity (Wildman–Crippen MR) is 43.7 cm³/mol. The summed E-state index contributed by atoms with van der Waals surface area (Å²) < 4.78 is 0. The van der Waals surface area contributed by atoms with Crippen LogP contribution in [0.15, 0.2) is 0 Å². The lowest BCUT2D eigenvalue weighted by Gasteiger charge is -2.23. The van der Waals surface area contributed by atoms with Crippen LogP contribution in [0.4, 0.5) is 0 Å². The molecule has 3 N–H and O–H groups in total. The minimum Gasteiger partial charge on any atom is -0.328 e. The first-order valence-corrected chi connectivity index (χ1v) is 4.18. The standard InChI is InChI=1S/C8H13N3O/c9-5-11-8(12)6-1-3-7(10)4-2-6/h6-7H,1-4,10H2,(H,11,12). The summed E-state index contributed by atoms with van der Waals surface area (Å²) >= 11 is 0. The number of amides is 1. The third-order valence-corrected chi connectivity index (χ3v) is 2.32. The fourth-order valence-corrected chi connectivity index (χ4v) is 1.54. The molecule has 0 bridgehead atoms. The average molecular weight is 167 g/mol. The number of hydrogen-bond acceptors (Lipinski definition) is 3. The van der Waals surface area contributed by atoms with Crippen molar-refractivity contribution in [2.45, 2.75) is 31.7 Å². The van der Waals surface area contributed by atoms with Gasteiger partial charge < -0.3 is 5.73 Å². The Morgan fingerprint density at radius 3 is 2.50 bits per heavy atom. The minimum atomic E-state index is -0.149. The summed E-state index contributed by atoms with van der Waals surface area (Å²) in [4.78, 5) is 11.1. The van der Waals surface area contributed by atoms with Gasteiger partial charge in [-0.15, -0.1) is 0 Å². The number of carbonyl (C=O) groups excluding carboxylic acids is 1. The van der Waals surface area contributed by atoms with Gasteiger partial charge in [-0.1, -0.05) is 0 Å². The summed E-state index contributed by atoms with van der Waals surface area (Å²) in [6.45, 7) is 0. The van der Waals surface area contributed by atoms with Crippen LogP contribution in [0.5, 0.6) is 0 Å². The van der Waals surface area contributed by atoms with Crippen molar-refractivity contribution in [3.05, 3.63) is 0 Å². The zero-order chi connectivity index (χ0) is 8.97. The molecule has 0 aromatic carbocycles. The Labute approximate surface area is 71.7 Å². The van der Waals surface area contributed by atoms with E-state index in [9.17, 15) is 4.79 Å². The van der Waals surface area contributed by atoms with E-state index in [4.69, 9.17) is 11.0 Å². The third kappa shape index (κ3) is 2.21. The van der Waals surface area contributed by atoms with Crippen molar-refractivity contribution >= 4 is 5.91 Å². The molecule has 0 aromatic rings. The fraction of sp³-hybridized carbons (Fsp3) is 0.750. The van der Waals surface area contributed by atoms with E-state index in [1.165, 1.54) is 0 Å². The van der Waals surface area contributed by atoms with Crippen LogP contribution < -0.4 is 11.1 Å². The summed E-state index contributed by atoms with van der Waals surface area (Å²) in [5.74, 6) is -0.145. The number of nitrogens with two attached hydrogens (primary N) is 1. The van der Waals surface area contributed by atoms with Gasteiger partial charge in [0.2, 0.25) is 5.91 Å². The second-order valence-corrected chi connectivity index (χ2v) is 3.21. The molecular weight excluding hydrogens is 154 g/mol. The smallest absolute Gasteiger partial charge is 0.236 e. The first-order valence-electron chi connectivity index (χ1n) is 4.18. The molecule has 1 amide bonds. The molecular formula is C8H13N3O. The molecule has 1 rings (SSSR count). The summed E-state index contributed by atoms with van der Waals surface area (Å²) in [5, 5.41) is 10.4. The fourth-order valence-electron chi connectivity index (χ4n) is 1.54. The molecule has 66 valence electrons. The topological polar surface area (TPSA) is 78.9 Å². The van der Waals surface area contributed by atoms with Crippen molar-refractivity contribution in [3.63, 3.8) is 0 Å². The molecule has 0 heterocycles. The molecule has 1 aliphatic carbocycles. The van der Waals surface area contributed by atoms with E-state index in [0.717, 1.165) is 25.7 Å². The molecule has 0 aliphatic heterocycles. The highest BCUT2D eigenvalue weighted by atomic mass is 16.1. The number of rotatable bonds is 1. The van der Waals surface area contributed by atoms with Crippen LogP contribution in [-0.4, -0.2) is 11.9 Å². The second-order valence-electron chi connectivity index (χ2n) is 3.21. The van der Waals surface area contributed by atoms with Gasteiger partial charge in [0.25, 0.3) is 0 Å². The summed E-state index contributed by atoms with van der Waals surface area (Å²) in [6, 6.07) is 0.246. The van der Waals surface area contributed by atoms with E-state index in [1.54, 1.807) is 6.19 Å². The van der Waals surface area contributed by atoms with Gasteiger partial charge in [-0.25, -0.2) is 0 Å². The first kappa shape index (κ1) is 9.01. The maximum atomic E-state index is 11.1. The summed E-state index contributed by atoms with van der Waals surface area (Å²) in [5.41, 5.74) is 5.67. The molecule has 1 saturated carbocycles. The van der Waals surface area contributed by atoms with Crippen LogP contribution in [0.1, 0.15) is 25.7 Å². The quantitative estimate of drug-likeness (QED) is 0.429. The van der Waals surface area contributed by atoms with E-state index < -0.39 is 0 Å². The van der Waals surface area contributed by atoms with E-state index in [-0.39, 0.29) is 17.9 Å². The van der Waals surface area contributed by atoms with Crippen molar-refractivity contribution in [1.82, 2.24) is 5.32 Å². The van der Waals surface area contributed by atoms with Crippen LogP contribution in [0, 0.1) is 17.4 Å². The minimum absolute atomic E-state index is 0.00412. The Bertz CT molecular complexity index is 201. The second kappa shape index (κ2) is 4.07. The molecule has 0 radical (unpaired) electrons. The number of carbonyl (C=O) groups is 1. The maximum Gasteiger partial charge on any atom is 0.236 e. The van der Waals surface area contributed by atoms with Gasteiger partial charge >= 0.3 is 0 Å². The predicted octanol–water partition coefficient (Wildman–Crippen LogP) is 0.101. The van der Waals surface area contributed by atoms with Crippen molar-refractivity contribution in [2.75, 3.05) is 0 Å². The molecule has 12 heavy (non-hydrogen) atoms. The molecule has 0 saturated heterocycles. The van der Waals surface area contributed by atoms with Gasteiger partial charge in [-0.3, -0.25) is 10.1 Å². The van der Waals surface area contributed by atoms with Gasteiger partial charge in [0, 0.05) is 12.0 Å². The molecule has 0 aromatic heterocycles. The highest BCUT2D eigenvalue weighted by molar-refractivity contribution is 5.80. The molecule has 0 unspecified atom stereocenters. The van der Waals surface area contributed by atoms with Crippen LogP contribution in [0.2, 0.25) is 0 Å². The molecule has 1 aliphatic rings. The lowest BCUT2D eigenvalue weighted by molar-refractivity contribution is -0.124. The molecule has 0 spiro atoms. The van der Waals surface area contributed by atoms with Gasteiger partial charge in [0.15, 0.2) is 6.19 Å². The number of nitrogens with zero attached hydrogens (tertiary/aromatic N) is 1. The van der Waals surface area contributed by atoms with Crippen molar-refractivity contribution in [2.24, 2.45) is 11.7 Å². The van der Waals surface area contributed by atoms with Crippen LogP contribution >= 0.6 is 0 Å². The van der Waals surface area contributed by atoms with E-state index in [1.807, 2.05) is 0 Å². The number of hydrogen-bond donors (Lipinski definition) is 2. The van der Waals surface area contributed by atoms with Gasteiger partial charge in [-0.2, -0.15) is 5.26 Å². The molecule has 1 fully saturated rings. The van der Waals surface area contributed by atoms with Crippen LogP contribution in [0.25, 0.3) is 0 Å². The van der Waals surface area contributed by atoms with Gasteiger partial charge in [0.05, 0.1) is 0 Å². The highest BCUT2D eigenvalue weighted by Gasteiger charge is 2.23. The normalized spacial score (nSPS) is 29.0. The Hall–Kier alpha value is -1.08. The monoisotopic (exact) mass is 167 g/mol.